The number of rotatable bonds is 0. The molecule has 0 radical (unpaired) electrons. The summed E-state index contributed by atoms with van der Waals surface area (Å²) in [5.74, 6) is 0. The molecule has 0 nitrogen and oxygen atoms in total. The molecule has 0 amide bonds. The van der Waals surface area contributed by atoms with E-state index in [0.29, 0.717) is 14.9 Å². The number of benzene rings is 1. The average molecular weight is 203 g/mol. The van der Waals surface area contributed by atoms with Crippen LogP contribution in [0.1, 0.15) is 0 Å². The molecule has 0 saturated heterocycles. The van der Waals surface area contributed by atoms with Crippen LogP contribution in [0.2, 0.25) is 10.0 Å². The van der Waals surface area contributed by atoms with Gasteiger partial charge >= 0.3 is 29.6 Å². The molecule has 0 heterocycles. The van der Waals surface area contributed by atoms with Crippen molar-refractivity contribution >= 4 is 65.4 Å². The first-order valence-corrected chi connectivity index (χ1v) is 3.55. The molecule has 0 fully saturated rings. The minimum absolute atomic E-state index is 0. The fraction of sp³-hybridized carbons (Fsp3) is 0. The van der Waals surface area contributed by atoms with Gasteiger partial charge in [-0.15, -0.1) is 12.6 Å². The van der Waals surface area contributed by atoms with Gasteiger partial charge in [-0.1, -0.05) is 29.3 Å². The third-order valence-electron chi connectivity index (χ3n) is 0.931. The molecule has 0 atom stereocenters. The van der Waals surface area contributed by atoms with E-state index in [1.807, 2.05) is 0 Å². The second-order valence-corrected chi connectivity index (χ2v) is 2.84. The first-order chi connectivity index (χ1) is 4.22. The van der Waals surface area contributed by atoms with Crippen molar-refractivity contribution in [3.63, 3.8) is 0 Å². The molecule has 0 aliphatic heterocycles. The molecular weight excluding hydrogens is 198 g/mol. The van der Waals surface area contributed by atoms with E-state index in [2.05, 4.69) is 12.6 Å². The number of halogens is 2. The van der Waals surface area contributed by atoms with E-state index in [-0.39, 0.29) is 29.6 Å². The Hall–Kier alpha value is 1.15. The van der Waals surface area contributed by atoms with Gasteiger partial charge in [0, 0.05) is 4.90 Å². The third-order valence-corrected chi connectivity index (χ3v) is 2.25. The standard InChI is InChI=1S/C6H4Cl2S.Na.H/c7-4-2-1-3-5(9)6(4)8;;/h1-3,9H;;. The van der Waals surface area contributed by atoms with E-state index in [4.69, 9.17) is 23.2 Å². The molecule has 0 bridgehead atoms. The molecule has 50 valence electrons. The van der Waals surface area contributed by atoms with E-state index in [0.717, 1.165) is 0 Å². The zero-order valence-corrected chi connectivity index (χ0v) is 6.84. The predicted molar refractivity (Wildman–Crippen MR) is 50.9 cm³/mol. The van der Waals surface area contributed by atoms with Gasteiger partial charge in [-0.05, 0) is 12.1 Å². The summed E-state index contributed by atoms with van der Waals surface area (Å²) in [5, 5.41) is 1.06. The summed E-state index contributed by atoms with van der Waals surface area (Å²) < 4.78 is 0. The van der Waals surface area contributed by atoms with Crippen molar-refractivity contribution in [2.45, 2.75) is 4.90 Å². The van der Waals surface area contributed by atoms with Crippen molar-refractivity contribution in [1.29, 1.82) is 0 Å². The fourth-order valence-corrected chi connectivity index (χ4v) is 1.07. The number of thiol groups is 1. The summed E-state index contributed by atoms with van der Waals surface area (Å²) in [6.07, 6.45) is 0. The van der Waals surface area contributed by atoms with Crippen LogP contribution in [0.5, 0.6) is 0 Å². The summed E-state index contributed by atoms with van der Waals surface area (Å²) >= 11 is 15.4. The molecule has 1 rings (SSSR count). The quantitative estimate of drug-likeness (QED) is 0.486. The van der Waals surface area contributed by atoms with E-state index in [9.17, 15) is 0 Å². The Kier molecular flexibility index (Phi) is 5.48. The third kappa shape index (κ3) is 2.65. The summed E-state index contributed by atoms with van der Waals surface area (Å²) in [4.78, 5) is 0.712. The van der Waals surface area contributed by atoms with Gasteiger partial charge in [0.25, 0.3) is 0 Å². The van der Waals surface area contributed by atoms with Crippen LogP contribution < -0.4 is 0 Å². The van der Waals surface area contributed by atoms with Crippen molar-refractivity contribution in [2.75, 3.05) is 0 Å². The molecule has 0 unspecified atom stereocenters. The molecule has 0 saturated carbocycles. The molecule has 0 N–H and O–H groups in total. The van der Waals surface area contributed by atoms with Gasteiger partial charge in [-0.2, -0.15) is 0 Å². The normalized spacial score (nSPS) is 8.70. The number of hydrogen-bond acceptors (Lipinski definition) is 1. The molecule has 0 spiro atoms. The molecule has 1 aromatic carbocycles. The predicted octanol–water partition coefficient (Wildman–Crippen LogP) is 2.63. The molecular formula is C6H5Cl2NaS. The van der Waals surface area contributed by atoms with Gasteiger partial charge in [0.05, 0.1) is 10.0 Å². The average Bonchev–Trinajstić information content (AvgIpc) is 1.83. The van der Waals surface area contributed by atoms with E-state index in [1.165, 1.54) is 0 Å². The van der Waals surface area contributed by atoms with Crippen LogP contribution in [0.15, 0.2) is 23.1 Å². The Morgan fingerprint density at radius 1 is 1.20 bits per heavy atom. The Morgan fingerprint density at radius 2 is 1.80 bits per heavy atom. The van der Waals surface area contributed by atoms with Gasteiger partial charge in [-0.25, -0.2) is 0 Å². The van der Waals surface area contributed by atoms with Crippen LogP contribution in [0.3, 0.4) is 0 Å². The van der Waals surface area contributed by atoms with E-state index >= 15 is 0 Å². The molecule has 1 aromatic rings. The first-order valence-electron chi connectivity index (χ1n) is 2.35. The van der Waals surface area contributed by atoms with E-state index in [1.54, 1.807) is 18.2 Å². The van der Waals surface area contributed by atoms with Crippen LogP contribution in [-0.4, -0.2) is 29.6 Å². The molecule has 4 heteroatoms. The monoisotopic (exact) mass is 202 g/mol. The summed E-state index contributed by atoms with van der Waals surface area (Å²) in [6, 6.07) is 5.32. The fourth-order valence-electron chi connectivity index (χ4n) is 0.492. The molecule has 0 aliphatic rings. The maximum absolute atomic E-state index is 5.67. The van der Waals surface area contributed by atoms with Crippen molar-refractivity contribution in [1.82, 2.24) is 0 Å². The maximum atomic E-state index is 5.67. The SMILES string of the molecule is Sc1cccc(Cl)c1Cl.[NaH]. The Morgan fingerprint density at radius 3 is 2.20 bits per heavy atom. The zero-order valence-electron chi connectivity index (χ0n) is 4.44. The second-order valence-electron chi connectivity index (χ2n) is 1.57. The van der Waals surface area contributed by atoms with Gasteiger partial charge in [0.15, 0.2) is 0 Å². The van der Waals surface area contributed by atoms with Gasteiger partial charge < -0.3 is 0 Å². The van der Waals surface area contributed by atoms with Crippen LogP contribution in [-0.2, 0) is 0 Å². The summed E-state index contributed by atoms with van der Waals surface area (Å²) in [5.41, 5.74) is 0. The van der Waals surface area contributed by atoms with Crippen LogP contribution >= 0.6 is 35.8 Å². The number of hydrogen-bond donors (Lipinski definition) is 1. The molecule has 0 aliphatic carbocycles. The topological polar surface area (TPSA) is 0 Å². The van der Waals surface area contributed by atoms with Gasteiger partial charge in [0.2, 0.25) is 0 Å². The van der Waals surface area contributed by atoms with Gasteiger partial charge in [0.1, 0.15) is 0 Å². The van der Waals surface area contributed by atoms with Crippen molar-refractivity contribution in [3.8, 4) is 0 Å². The van der Waals surface area contributed by atoms with Crippen molar-refractivity contribution in [2.24, 2.45) is 0 Å². The van der Waals surface area contributed by atoms with Crippen LogP contribution in [0.4, 0.5) is 0 Å². The first kappa shape index (κ1) is 11.2. The van der Waals surface area contributed by atoms with E-state index < -0.39 is 0 Å². The molecule has 10 heavy (non-hydrogen) atoms. The zero-order chi connectivity index (χ0) is 6.85. The second kappa shape index (κ2) is 4.91. The van der Waals surface area contributed by atoms with Crippen LogP contribution in [0.25, 0.3) is 0 Å². The van der Waals surface area contributed by atoms with Crippen molar-refractivity contribution in [3.05, 3.63) is 28.2 Å². The molecule has 0 aromatic heterocycles. The Labute approximate surface area is 97.6 Å². The van der Waals surface area contributed by atoms with Crippen LogP contribution in [0, 0.1) is 0 Å². The summed E-state index contributed by atoms with van der Waals surface area (Å²) in [7, 11) is 0. The van der Waals surface area contributed by atoms with Gasteiger partial charge in [-0.3, -0.25) is 0 Å². The van der Waals surface area contributed by atoms with Crippen molar-refractivity contribution < 1.29 is 0 Å². The Balaban J connectivity index is 0.000000810. The minimum atomic E-state index is 0. The summed E-state index contributed by atoms with van der Waals surface area (Å²) in [6.45, 7) is 0. The Bertz CT molecular complexity index is 207.